The maximum Gasteiger partial charge on any atom is 0.232 e. The predicted molar refractivity (Wildman–Crippen MR) is 180 cm³/mol. The second-order valence-corrected chi connectivity index (χ2v) is 14.4. The van der Waals surface area contributed by atoms with Crippen molar-refractivity contribution in [2.24, 2.45) is 0 Å². The minimum Gasteiger partial charge on any atom is -0.494 e. The first-order chi connectivity index (χ1) is 22.0. The zero-order valence-electron chi connectivity index (χ0n) is 26.5. The first kappa shape index (κ1) is 32.4. The molecule has 1 aromatic heterocycles. The Morgan fingerprint density at radius 3 is 2.50 bits per heavy atom. The highest BCUT2D eigenvalue weighted by atomic mass is 35.5. The third-order valence-electron chi connectivity index (χ3n) is 9.02. The molecule has 12 nitrogen and oxygen atoms in total. The molecule has 0 spiro atoms. The molecule has 2 N–H and O–H groups in total. The number of likely N-dealkylation sites (N-methyl/N-ethyl adjacent to an activating group) is 1. The van der Waals surface area contributed by atoms with Gasteiger partial charge in [-0.05, 0) is 31.5 Å². The van der Waals surface area contributed by atoms with E-state index >= 15 is 4.39 Å². The van der Waals surface area contributed by atoms with Gasteiger partial charge in [0.25, 0.3) is 0 Å². The number of fused-ring (bicyclic) bond motifs is 1. The van der Waals surface area contributed by atoms with Crippen LogP contribution in [0.2, 0.25) is 5.02 Å². The van der Waals surface area contributed by atoms with Crippen LogP contribution in [0.25, 0.3) is 0 Å². The summed E-state index contributed by atoms with van der Waals surface area (Å²) in [5, 5.41) is 6.41. The van der Waals surface area contributed by atoms with Crippen LogP contribution >= 0.6 is 11.6 Å². The first-order valence-electron chi connectivity index (χ1n) is 15.4. The lowest BCUT2D eigenvalue weighted by Crippen LogP contribution is -2.52. The van der Waals surface area contributed by atoms with Crippen LogP contribution in [0.5, 0.6) is 11.5 Å². The zero-order chi connectivity index (χ0) is 32.6. The number of aromatic nitrogens is 2. The van der Waals surface area contributed by atoms with Gasteiger partial charge in [0.2, 0.25) is 16.0 Å². The molecule has 3 aliphatic rings. The number of piperidine rings is 1. The molecule has 2 aromatic carbocycles. The summed E-state index contributed by atoms with van der Waals surface area (Å²) in [5.74, 6) is 1.08. The molecule has 0 bridgehead atoms. The van der Waals surface area contributed by atoms with Gasteiger partial charge in [0.1, 0.15) is 22.3 Å². The Morgan fingerprint density at radius 1 is 1.07 bits per heavy atom. The molecule has 6 rings (SSSR count). The standard InChI is InChI=1S/C31H40ClFN8O4S/c1-38-10-12-40(13-11-38)21-5-8-41(9-6-21)26-18-29(44-3)25(16-23(26)33)36-31-34-19-22(32)30(37-31)35-24-17-28-20(7-14-45-28)15-27(24)39(2)46(4,42)43/h15-19,21H,5-14H2,1-4H3,(H2,34,35,36,37). The number of nitrogens with zero attached hydrogens (tertiary/aromatic N) is 6. The van der Waals surface area contributed by atoms with Crippen molar-refractivity contribution < 1.29 is 22.3 Å². The number of benzene rings is 2. The molecule has 0 aliphatic carbocycles. The van der Waals surface area contributed by atoms with Crippen molar-refractivity contribution in [3.63, 3.8) is 0 Å². The molecular weight excluding hydrogens is 635 g/mol. The summed E-state index contributed by atoms with van der Waals surface area (Å²) in [4.78, 5) is 15.8. The maximum absolute atomic E-state index is 15.6. The number of ether oxygens (including phenoxy) is 2. The van der Waals surface area contributed by atoms with Crippen molar-refractivity contribution in [3.05, 3.63) is 46.9 Å². The van der Waals surface area contributed by atoms with E-state index in [-0.39, 0.29) is 22.6 Å². The third kappa shape index (κ3) is 6.89. The van der Waals surface area contributed by atoms with Crippen LogP contribution in [0.15, 0.2) is 30.5 Å². The van der Waals surface area contributed by atoms with Gasteiger partial charge in [-0.1, -0.05) is 11.6 Å². The Labute approximate surface area is 274 Å². The lowest BCUT2D eigenvalue weighted by Gasteiger charge is -2.42. The summed E-state index contributed by atoms with van der Waals surface area (Å²) < 4.78 is 53.0. The fourth-order valence-electron chi connectivity index (χ4n) is 6.23. The summed E-state index contributed by atoms with van der Waals surface area (Å²) in [6.45, 7) is 6.37. The molecule has 3 aliphatic heterocycles. The Hall–Kier alpha value is -3.59. The molecule has 0 radical (unpaired) electrons. The fourth-order valence-corrected chi connectivity index (χ4v) is 6.87. The zero-order valence-corrected chi connectivity index (χ0v) is 28.1. The molecule has 248 valence electrons. The lowest BCUT2D eigenvalue weighted by atomic mass is 10.0. The van der Waals surface area contributed by atoms with Gasteiger partial charge in [-0.2, -0.15) is 4.98 Å². The topological polar surface area (TPSA) is 115 Å². The maximum atomic E-state index is 15.6. The Bertz CT molecular complexity index is 1700. The van der Waals surface area contributed by atoms with Gasteiger partial charge in [-0.15, -0.1) is 0 Å². The van der Waals surface area contributed by atoms with Crippen LogP contribution < -0.4 is 29.3 Å². The van der Waals surface area contributed by atoms with Crippen molar-refractivity contribution in [2.45, 2.75) is 25.3 Å². The summed E-state index contributed by atoms with van der Waals surface area (Å²) in [6, 6.07) is 7.14. The van der Waals surface area contributed by atoms with Crippen molar-refractivity contribution in [2.75, 3.05) is 93.2 Å². The minimum absolute atomic E-state index is 0.140. The van der Waals surface area contributed by atoms with Crippen molar-refractivity contribution in [3.8, 4) is 11.5 Å². The van der Waals surface area contributed by atoms with E-state index in [0.717, 1.165) is 63.9 Å². The van der Waals surface area contributed by atoms with Gasteiger partial charge >= 0.3 is 0 Å². The Kier molecular flexibility index (Phi) is 9.33. The average molecular weight is 675 g/mol. The second-order valence-electron chi connectivity index (χ2n) is 12.0. The average Bonchev–Trinajstić information content (AvgIpc) is 3.50. The first-order valence-corrected chi connectivity index (χ1v) is 17.6. The van der Waals surface area contributed by atoms with Gasteiger partial charge < -0.3 is 29.9 Å². The van der Waals surface area contributed by atoms with Crippen LogP contribution in [0.1, 0.15) is 18.4 Å². The van der Waals surface area contributed by atoms with E-state index in [1.165, 1.54) is 30.7 Å². The highest BCUT2D eigenvalue weighted by Gasteiger charge is 2.29. The SMILES string of the molecule is COc1cc(N2CCC(N3CCN(C)CC3)CC2)c(F)cc1Nc1ncc(Cl)c(Nc2cc3c(cc2N(C)S(C)(=O)=O)CCO3)n1. The number of piperazine rings is 1. The van der Waals surface area contributed by atoms with E-state index in [0.29, 0.717) is 53.3 Å². The van der Waals surface area contributed by atoms with E-state index in [4.69, 9.17) is 21.1 Å². The lowest BCUT2D eigenvalue weighted by molar-refractivity contribution is 0.0981. The summed E-state index contributed by atoms with van der Waals surface area (Å²) in [7, 11) is 1.61. The Morgan fingerprint density at radius 2 is 1.80 bits per heavy atom. The number of anilines is 6. The van der Waals surface area contributed by atoms with E-state index in [9.17, 15) is 8.42 Å². The number of hydrogen-bond donors (Lipinski definition) is 2. The van der Waals surface area contributed by atoms with Crippen LogP contribution in [0.4, 0.5) is 38.9 Å². The predicted octanol–water partition coefficient (Wildman–Crippen LogP) is 4.31. The number of halogens is 2. The summed E-state index contributed by atoms with van der Waals surface area (Å²) >= 11 is 6.47. The van der Waals surface area contributed by atoms with Gasteiger partial charge in [-0.25, -0.2) is 17.8 Å². The highest BCUT2D eigenvalue weighted by Crippen LogP contribution is 2.40. The van der Waals surface area contributed by atoms with Gasteiger partial charge in [0.15, 0.2) is 5.82 Å². The molecule has 0 saturated carbocycles. The number of hydrogen-bond acceptors (Lipinski definition) is 11. The normalized spacial score (nSPS) is 17.8. The molecule has 0 amide bonds. The fraction of sp³-hybridized carbons (Fsp3) is 0.484. The second kappa shape index (κ2) is 13.3. The van der Waals surface area contributed by atoms with Gasteiger partial charge in [0.05, 0.1) is 48.9 Å². The van der Waals surface area contributed by atoms with Crippen LogP contribution in [-0.2, 0) is 16.4 Å². The molecule has 0 atom stereocenters. The Balaban J connectivity index is 1.20. The van der Waals surface area contributed by atoms with E-state index in [1.54, 1.807) is 18.2 Å². The van der Waals surface area contributed by atoms with E-state index in [2.05, 4.69) is 42.3 Å². The quantitative estimate of drug-likeness (QED) is 0.338. The molecule has 46 heavy (non-hydrogen) atoms. The molecule has 4 heterocycles. The van der Waals surface area contributed by atoms with E-state index in [1.807, 2.05) is 0 Å². The summed E-state index contributed by atoms with van der Waals surface area (Å²) in [5.41, 5.74) is 2.62. The van der Waals surface area contributed by atoms with Crippen molar-refractivity contribution in [1.82, 2.24) is 19.8 Å². The van der Waals surface area contributed by atoms with E-state index < -0.39 is 10.0 Å². The number of nitrogens with one attached hydrogen (secondary N) is 2. The number of sulfonamides is 1. The van der Waals surface area contributed by atoms with Crippen LogP contribution in [-0.4, -0.2) is 108 Å². The monoisotopic (exact) mass is 674 g/mol. The molecule has 0 unspecified atom stereocenters. The highest BCUT2D eigenvalue weighted by molar-refractivity contribution is 7.92. The molecule has 15 heteroatoms. The largest absolute Gasteiger partial charge is 0.494 e. The molecule has 2 fully saturated rings. The number of rotatable bonds is 9. The van der Waals surface area contributed by atoms with Crippen LogP contribution in [0, 0.1) is 5.82 Å². The smallest absolute Gasteiger partial charge is 0.232 e. The molecule has 2 saturated heterocycles. The van der Waals surface area contributed by atoms with Crippen LogP contribution in [0.3, 0.4) is 0 Å². The number of methoxy groups -OCH3 is 1. The van der Waals surface area contributed by atoms with Gasteiger partial charge in [0, 0.05) is 77.0 Å². The van der Waals surface area contributed by atoms with Crippen molar-refractivity contribution >= 4 is 56.1 Å². The summed E-state index contributed by atoms with van der Waals surface area (Å²) in [6.07, 6.45) is 5.18. The van der Waals surface area contributed by atoms with Crippen molar-refractivity contribution in [1.29, 1.82) is 0 Å². The molecule has 3 aromatic rings. The minimum atomic E-state index is -3.56. The van der Waals surface area contributed by atoms with Gasteiger partial charge in [-0.3, -0.25) is 9.21 Å². The third-order valence-corrected chi connectivity index (χ3v) is 10.5. The molecular formula is C31H40ClFN8O4S.